The van der Waals surface area contributed by atoms with Crippen LogP contribution < -0.4 is 5.46 Å². The first-order valence-electron chi connectivity index (χ1n) is 7.68. The zero-order valence-electron chi connectivity index (χ0n) is 13.5. The molecule has 0 bridgehead atoms. The number of hydrogen-bond acceptors (Lipinski definition) is 3. The van der Waals surface area contributed by atoms with Crippen LogP contribution in [0.15, 0.2) is 18.5 Å². The van der Waals surface area contributed by atoms with E-state index >= 15 is 0 Å². The van der Waals surface area contributed by atoms with Crippen LogP contribution in [0.1, 0.15) is 45.3 Å². The second kappa shape index (κ2) is 5.55. The third kappa shape index (κ3) is 3.18. The lowest BCUT2D eigenvalue weighted by atomic mass is 9.98. The molecule has 3 heterocycles. The van der Waals surface area contributed by atoms with Crippen LogP contribution in [0.2, 0.25) is 0 Å². The molecule has 1 atom stereocenters. The highest BCUT2D eigenvalue weighted by Crippen LogP contribution is 2.32. The zero-order chi connectivity index (χ0) is 16.8. The highest BCUT2D eigenvalue weighted by molar-refractivity contribution is 6.32. The van der Waals surface area contributed by atoms with E-state index in [4.69, 9.17) is 12.6 Å². The maximum Gasteiger partial charge on any atom is 0.410 e. The van der Waals surface area contributed by atoms with Gasteiger partial charge in [-0.2, -0.15) is 0 Å². The van der Waals surface area contributed by atoms with Crippen molar-refractivity contribution in [3.63, 3.8) is 0 Å². The maximum atomic E-state index is 13.6. The Kier molecular flexibility index (Phi) is 3.82. The summed E-state index contributed by atoms with van der Waals surface area (Å²) in [7, 11) is 5.59. The van der Waals surface area contributed by atoms with Gasteiger partial charge in [0.15, 0.2) is 0 Å². The van der Waals surface area contributed by atoms with Gasteiger partial charge in [0.25, 0.3) is 0 Å². The number of fused-ring (bicyclic) bond motifs is 1. The molecule has 2 aromatic rings. The number of nitrogens with zero attached hydrogens (tertiary/aromatic N) is 3. The second-order valence-corrected chi connectivity index (χ2v) is 6.84. The minimum atomic E-state index is -0.541. The second-order valence-electron chi connectivity index (χ2n) is 6.84. The van der Waals surface area contributed by atoms with Crippen molar-refractivity contribution in [3.05, 3.63) is 30.0 Å². The summed E-state index contributed by atoms with van der Waals surface area (Å²) in [4.78, 5) is 18.5. The van der Waals surface area contributed by atoms with Crippen molar-refractivity contribution in [1.82, 2.24) is 14.3 Å². The summed E-state index contributed by atoms with van der Waals surface area (Å²) in [5.74, 6) is -0.495. The Bertz CT molecular complexity index is 715. The molecule has 1 aliphatic heterocycles. The van der Waals surface area contributed by atoms with Crippen LogP contribution >= 0.6 is 0 Å². The van der Waals surface area contributed by atoms with Crippen LogP contribution in [0.4, 0.5) is 9.18 Å². The Hall–Kier alpha value is -2.05. The normalized spacial score (nSPS) is 18.6. The Morgan fingerprint density at radius 3 is 2.87 bits per heavy atom. The maximum absolute atomic E-state index is 13.6. The van der Waals surface area contributed by atoms with Crippen molar-refractivity contribution in [2.45, 2.75) is 45.3 Å². The number of halogens is 1. The summed E-state index contributed by atoms with van der Waals surface area (Å²) in [6, 6.07) is 1.14. The van der Waals surface area contributed by atoms with Crippen LogP contribution in [0.5, 0.6) is 0 Å². The number of carbonyl (C=O) groups excluding carboxylic acids is 1. The lowest BCUT2D eigenvalue weighted by molar-refractivity contribution is 0.0222. The van der Waals surface area contributed by atoms with Gasteiger partial charge in [0.05, 0.1) is 11.7 Å². The van der Waals surface area contributed by atoms with Crippen LogP contribution in [0, 0.1) is 5.82 Å². The molecular weight excluding hydrogens is 296 g/mol. The minimum Gasteiger partial charge on any atom is -0.444 e. The number of pyridine rings is 1. The molecule has 120 valence electrons. The molecule has 23 heavy (non-hydrogen) atoms. The molecule has 0 saturated carbocycles. The number of ether oxygens (including phenoxy) is 1. The summed E-state index contributed by atoms with van der Waals surface area (Å²) in [6.07, 6.45) is 4.63. The van der Waals surface area contributed by atoms with Crippen LogP contribution in [0.25, 0.3) is 5.65 Å². The first kappa shape index (κ1) is 15.8. The van der Waals surface area contributed by atoms with Crippen molar-refractivity contribution in [2.24, 2.45) is 0 Å². The standard InChI is InChI=1S/C16H19BFN3O2/c1-16(2,3)23-15(22)21-6-4-5-13(21)12-9-20-8-10(17)11(18)7-14(20)19-12/h7-9,13H,4-6H2,1-3H3. The van der Waals surface area contributed by atoms with Gasteiger partial charge in [-0.3, -0.25) is 4.90 Å². The number of likely N-dealkylation sites (tertiary alicyclic amines) is 1. The molecule has 1 aliphatic rings. The summed E-state index contributed by atoms with van der Waals surface area (Å²) in [6.45, 7) is 6.15. The van der Waals surface area contributed by atoms with Crippen molar-refractivity contribution >= 4 is 25.0 Å². The van der Waals surface area contributed by atoms with Crippen molar-refractivity contribution in [3.8, 4) is 0 Å². The summed E-state index contributed by atoms with van der Waals surface area (Å²) in [5.41, 5.74) is 0.721. The Labute approximate surface area is 135 Å². The van der Waals surface area contributed by atoms with Crippen molar-refractivity contribution in [1.29, 1.82) is 0 Å². The van der Waals surface area contributed by atoms with E-state index in [2.05, 4.69) is 4.98 Å². The Morgan fingerprint density at radius 1 is 1.43 bits per heavy atom. The van der Waals surface area contributed by atoms with Gasteiger partial charge < -0.3 is 9.14 Å². The number of rotatable bonds is 1. The van der Waals surface area contributed by atoms with Gasteiger partial charge in [0.2, 0.25) is 0 Å². The first-order chi connectivity index (χ1) is 10.7. The molecule has 5 nitrogen and oxygen atoms in total. The average Bonchev–Trinajstić information content (AvgIpc) is 3.03. The van der Waals surface area contributed by atoms with Gasteiger partial charge in [0.1, 0.15) is 24.9 Å². The van der Waals surface area contributed by atoms with E-state index in [0.717, 1.165) is 18.5 Å². The molecule has 7 heteroatoms. The van der Waals surface area contributed by atoms with E-state index in [1.807, 2.05) is 20.8 Å². The molecule has 0 aromatic carbocycles. The largest absolute Gasteiger partial charge is 0.444 e. The lowest BCUT2D eigenvalue weighted by Crippen LogP contribution is -2.36. The molecule has 1 amide bonds. The van der Waals surface area contributed by atoms with Crippen molar-refractivity contribution in [2.75, 3.05) is 6.54 Å². The van der Waals surface area contributed by atoms with Crippen LogP contribution in [-0.4, -0.2) is 40.4 Å². The molecular formula is C16H19BFN3O2. The van der Waals surface area contributed by atoms with E-state index < -0.39 is 11.4 Å². The minimum absolute atomic E-state index is 0.0665. The average molecular weight is 315 g/mol. The van der Waals surface area contributed by atoms with Gasteiger partial charge in [-0.15, -0.1) is 0 Å². The molecule has 2 aromatic heterocycles. The highest BCUT2D eigenvalue weighted by atomic mass is 19.1. The third-order valence-corrected chi connectivity index (χ3v) is 3.81. The third-order valence-electron chi connectivity index (χ3n) is 3.81. The summed E-state index contributed by atoms with van der Waals surface area (Å²) < 4.78 is 20.7. The molecule has 1 fully saturated rings. The molecule has 1 saturated heterocycles. The predicted molar refractivity (Wildman–Crippen MR) is 85.5 cm³/mol. The van der Waals surface area contributed by atoms with E-state index in [0.29, 0.717) is 12.2 Å². The zero-order valence-corrected chi connectivity index (χ0v) is 13.5. The molecule has 2 radical (unpaired) electrons. The first-order valence-corrected chi connectivity index (χ1v) is 7.68. The van der Waals surface area contributed by atoms with Crippen LogP contribution in [-0.2, 0) is 4.74 Å². The van der Waals surface area contributed by atoms with Gasteiger partial charge in [-0.25, -0.2) is 14.2 Å². The Balaban J connectivity index is 1.89. The fourth-order valence-electron chi connectivity index (χ4n) is 2.82. The van der Waals surface area contributed by atoms with E-state index in [9.17, 15) is 9.18 Å². The van der Waals surface area contributed by atoms with E-state index in [-0.39, 0.29) is 17.6 Å². The van der Waals surface area contributed by atoms with E-state index in [1.54, 1.807) is 15.5 Å². The van der Waals surface area contributed by atoms with Gasteiger partial charge in [0, 0.05) is 25.0 Å². The number of aromatic nitrogens is 2. The fraction of sp³-hybridized carbons (Fsp3) is 0.500. The summed E-state index contributed by atoms with van der Waals surface area (Å²) >= 11 is 0. The predicted octanol–water partition coefficient (Wildman–Crippen LogP) is 2.34. The molecule has 3 rings (SSSR count). The monoisotopic (exact) mass is 315 g/mol. The number of amides is 1. The van der Waals surface area contributed by atoms with Gasteiger partial charge >= 0.3 is 6.09 Å². The number of carbonyl (C=O) groups is 1. The smallest absolute Gasteiger partial charge is 0.410 e. The topological polar surface area (TPSA) is 46.8 Å². The fourth-order valence-corrected chi connectivity index (χ4v) is 2.82. The number of hydrogen-bond donors (Lipinski definition) is 0. The molecule has 0 aliphatic carbocycles. The van der Waals surface area contributed by atoms with Crippen LogP contribution in [0.3, 0.4) is 0 Å². The molecule has 0 N–H and O–H groups in total. The lowest BCUT2D eigenvalue weighted by Gasteiger charge is -2.27. The van der Waals surface area contributed by atoms with E-state index in [1.165, 1.54) is 12.3 Å². The van der Waals surface area contributed by atoms with Gasteiger partial charge in [-0.1, -0.05) is 0 Å². The number of imidazole rings is 1. The quantitative estimate of drug-likeness (QED) is 0.759. The molecule has 1 unspecified atom stereocenters. The van der Waals surface area contributed by atoms with Crippen molar-refractivity contribution < 1.29 is 13.9 Å². The Morgan fingerprint density at radius 2 is 2.17 bits per heavy atom. The van der Waals surface area contributed by atoms with Gasteiger partial charge in [-0.05, 0) is 39.1 Å². The molecule has 0 spiro atoms. The highest BCUT2D eigenvalue weighted by Gasteiger charge is 2.34. The summed E-state index contributed by atoms with van der Waals surface area (Å²) in [5, 5.41) is 0. The SMILES string of the molecule is [B]c1cn2cc(C3CCCN3C(=O)OC(C)(C)C)nc2cc1F.